The monoisotopic (exact) mass is 495 g/mol. The molecular formula is C21H21F4N7O3. The number of imidazole rings is 1. The SMILES string of the molecule is O=C(Nc1cc(F)c2nccn2c1)N1CCc2c(N3CCNCC3)ccnc21.O=C(O)C(F)(F)F. The maximum absolute atomic E-state index is 14.1. The zero-order valence-corrected chi connectivity index (χ0v) is 18.2. The Morgan fingerprint density at radius 1 is 1.11 bits per heavy atom. The number of hydrogen-bond donors (Lipinski definition) is 3. The summed E-state index contributed by atoms with van der Waals surface area (Å²) in [5, 5.41) is 13.3. The third-order valence-corrected chi connectivity index (χ3v) is 5.49. The van der Waals surface area contributed by atoms with E-state index < -0.39 is 18.0 Å². The summed E-state index contributed by atoms with van der Waals surface area (Å²) in [4.78, 5) is 34.1. The fourth-order valence-corrected chi connectivity index (χ4v) is 3.92. The number of hydrogen-bond acceptors (Lipinski definition) is 6. The van der Waals surface area contributed by atoms with E-state index in [1.165, 1.54) is 12.3 Å². The van der Waals surface area contributed by atoms with Crippen LogP contribution in [-0.2, 0) is 11.2 Å². The molecule has 0 aromatic carbocycles. The van der Waals surface area contributed by atoms with Crippen molar-refractivity contribution >= 4 is 34.8 Å². The third kappa shape index (κ3) is 5.26. The average molecular weight is 495 g/mol. The number of carbonyl (C=O) groups is 2. The Morgan fingerprint density at radius 2 is 1.83 bits per heavy atom. The average Bonchev–Trinajstić information content (AvgIpc) is 3.47. The Balaban J connectivity index is 0.000000364. The van der Waals surface area contributed by atoms with Gasteiger partial charge in [0.2, 0.25) is 0 Å². The lowest BCUT2D eigenvalue weighted by Crippen LogP contribution is -2.43. The summed E-state index contributed by atoms with van der Waals surface area (Å²) in [7, 11) is 0. The number of urea groups is 1. The molecule has 5 rings (SSSR count). The van der Waals surface area contributed by atoms with E-state index in [0.29, 0.717) is 18.1 Å². The third-order valence-electron chi connectivity index (χ3n) is 5.49. The van der Waals surface area contributed by atoms with Gasteiger partial charge in [0, 0.05) is 74.8 Å². The second-order valence-corrected chi connectivity index (χ2v) is 7.74. The van der Waals surface area contributed by atoms with Gasteiger partial charge in [-0.05, 0) is 12.5 Å². The summed E-state index contributed by atoms with van der Waals surface area (Å²) in [6.45, 7) is 4.32. The summed E-state index contributed by atoms with van der Waals surface area (Å²) in [5.74, 6) is -2.56. The molecule has 5 heterocycles. The van der Waals surface area contributed by atoms with E-state index in [1.54, 1.807) is 27.9 Å². The number of amides is 2. The molecule has 2 aliphatic rings. The summed E-state index contributed by atoms with van der Waals surface area (Å²) < 4.78 is 47.4. The van der Waals surface area contributed by atoms with E-state index in [0.717, 1.165) is 43.9 Å². The number of nitrogens with zero attached hydrogens (tertiary/aromatic N) is 5. The van der Waals surface area contributed by atoms with Gasteiger partial charge in [-0.2, -0.15) is 13.2 Å². The number of halogens is 4. The van der Waals surface area contributed by atoms with Crippen molar-refractivity contribution in [2.24, 2.45) is 0 Å². The molecule has 3 aromatic rings. The van der Waals surface area contributed by atoms with E-state index in [-0.39, 0.29) is 11.7 Å². The molecule has 0 saturated carbocycles. The number of carboxylic acids is 1. The second-order valence-electron chi connectivity index (χ2n) is 7.74. The quantitative estimate of drug-likeness (QED) is 0.468. The molecule has 0 unspecified atom stereocenters. The molecule has 10 nitrogen and oxygen atoms in total. The number of carbonyl (C=O) groups excluding carboxylic acids is 1. The number of piperazine rings is 1. The summed E-state index contributed by atoms with van der Waals surface area (Å²) in [5.41, 5.74) is 2.84. The van der Waals surface area contributed by atoms with Crippen LogP contribution in [0.15, 0.2) is 36.9 Å². The second kappa shape index (κ2) is 9.74. The summed E-state index contributed by atoms with van der Waals surface area (Å²) >= 11 is 0. The number of nitrogens with one attached hydrogen (secondary N) is 2. The number of anilines is 3. The molecule has 186 valence electrons. The van der Waals surface area contributed by atoms with Crippen molar-refractivity contribution in [3.05, 3.63) is 48.3 Å². The molecule has 0 bridgehead atoms. The molecule has 1 fully saturated rings. The number of alkyl halides is 3. The first-order valence-corrected chi connectivity index (χ1v) is 10.6. The first-order chi connectivity index (χ1) is 16.6. The highest BCUT2D eigenvalue weighted by atomic mass is 19.4. The molecule has 2 amide bonds. The molecule has 3 N–H and O–H groups in total. The lowest BCUT2D eigenvalue weighted by atomic mass is 10.1. The van der Waals surface area contributed by atoms with Crippen LogP contribution in [0.1, 0.15) is 5.56 Å². The number of fused-ring (bicyclic) bond motifs is 2. The number of carboxylic acid groups (broad SMARTS) is 1. The molecule has 0 aliphatic carbocycles. The van der Waals surface area contributed by atoms with E-state index in [1.807, 2.05) is 6.07 Å². The number of pyridine rings is 2. The predicted molar refractivity (Wildman–Crippen MR) is 118 cm³/mol. The maximum Gasteiger partial charge on any atom is 0.490 e. The number of aromatic nitrogens is 3. The van der Waals surface area contributed by atoms with Crippen molar-refractivity contribution in [1.29, 1.82) is 0 Å². The van der Waals surface area contributed by atoms with Crippen LogP contribution in [0.3, 0.4) is 0 Å². The lowest BCUT2D eigenvalue weighted by molar-refractivity contribution is -0.192. The Morgan fingerprint density at radius 3 is 2.51 bits per heavy atom. The largest absolute Gasteiger partial charge is 0.490 e. The van der Waals surface area contributed by atoms with Crippen molar-refractivity contribution in [2.45, 2.75) is 12.6 Å². The molecule has 0 atom stereocenters. The Hall–Kier alpha value is -3.94. The topological polar surface area (TPSA) is 115 Å². The fourth-order valence-electron chi connectivity index (χ4n) is 3.92. The smallest absolute Gasteiger partial charge is 0.475 e. The van der Waals surface area contributed by atoms with Gasteiger partial charge in [0.05, 0.1) is 5.69 Å². The van der Waals surface area contributed by atoms with Crippen LogP contribution in [0.25, 0.3) is 5.65 Å². The standard InChI is InChI=1S/C19H20FN7O.C2HF3O2/c20-15-11-13(12-26-10-6-23-18(15)26)24-19(28)27-7-2-14-16(1-3-22-17(14)27)25-8-4-21-5-9-25;3-2(4,5)1(6)7/h1,3,6,10-12,21H,2,4-5,7-9H2,(H,24,28);(H,6,7). The van der Waals surface area contributed by atoms with Crippen molar-refractivity contribution in [1.82, 2.24) is 19.7 Å². The highest BCUT2D eigenvalue weighted by Gasteiger charge is 2.38. The van der Waals surface area contributed by atoms with Crippen LogP contribution in [-0.4, -0.2) is 70.4 Å². The highest BCUT2D eigenvalue weighted by Crippen LogP contribution is 2.34. The maximum atomic E-state index is 14.1. The minimum atomic E-state index is -5.08. The van der Waals surface area contributed by atoms with Gasteiger partial charge in [-0.3, -0.25) is 4.90 Å². The van der Waals surface area contributed by atoms with Crippen LogP contribution in [0.5, 0.6) is 0 Å². The normalized spacial score (nSPS) is 15.4. The molecule has 3 aromatic heterocycles. The molecule has 35 heavy (non-hydrogen) atoms. The van der Waals surface area contributed by atoms with Crippen molar-refractivity contribution < 1.29 is 32.3 Å². The number of rotatable bonds is 2. The first-order valence-electron chi connectivity index (χ1n) is 10.6. The van der Waals surface area contributed by atoms with Crippen LogP contribution in [0, 0.1) is 5.82 Å². The van der Waals surface area contributed by atoms with Gasteiger partial charge in [-0.15, -0.1) is 0 Å². The van der Waals surface area contributed by atoms with Crippen LogP contribution in [0.4, 0.5) is 39.5 Å². The van der Waals surface area contributed by atoms with E-state index >= 15 is 0 Å². The highest BCUT2D eigenvalue weighted by molar-refractivity contribution is 6.03. The Labute approximate surface area is 196 Å². The van der Waals surface area contributed by atoms with Gasteiger partial charge < -0.3 is 25.0 Å². The lowest BCUT2D eigenvalue weighted by Gasteiger charge is -2.31. The van der Waals surface area contributed by atoms with E-state index in [2.05, 4.69) is 25.5 Å². The van der Waals surface area contributed by atoms with Crippen LogP contribution in [0.2, 0.25) is 0 Å². The zero-order chi connectivity index (χ0) is 25.2. The molecule has 2 aliphatic heterocycles. The molecular weight excluding hydrogens is 474 g/mol. The summed E-state index contributed by atoms with van der Waals surface area (Å²) in [6, 6.07) is 2.98. The van der Waals surface area contributed by atoms with Crippen LogP contribution >= 0.6 is 0 Å². The Bertz CT molecular complexity index is 1240. The molecule has 1 saturated heterocycles. The van der Waals surface area contributed by atoms with Gasteiger partial charge >= 0.3 is 18.2 Å². The predicted octanol–water partition coefficient (Wildman–Crippen LogP) is 2.51. The summed E-state index contributed by atoms with van der Waals surface area (Å²) in [6.07, 6.45) is 2.22. The first kappa shape index (κ1) is 24.2. The zero-order valence-electron chi connectivity index (χ0n) is 18.2. The van der Waals surface area contributed by atoms with Gasteiger partial charge in [0.15, 0.2) is 11.5 Å². The molecule has 14 heteroatoms. The van der Waals surface area contributed by atoms with E-state index in [9.17, 15) is 22.4 Å². The Kier molecular flexibility index (Phi) is 6.73. The fraction of sp³-hybridized carbons (Fsp3) is 0.333. The van der Waals surface area contributed by atoms with Gasteiger partial charge in [-0.25, -0.2) is 23.9 Å². The number of aliphatic carboxylic acids is 1. The molecule has 0 spiro atoms. The molecule has 0 radical (unpaired) electrons. The van der Waals surface area contributed by atoms with E-state index in [4.69, 9.17) is 9.90 Å². The minimum absolute atomic E-state index is 0.229. The van der Waals surface area contributed by atoms with Gasteiger partial charge in [-0.1, -0.05) is 0 Å². The van der Waals surface area contributed by atoms with Crippen molar-refractivity contribution in [2.75, 3.05) is 47.8 Å². The van der Waals surface area contributed by atoms with Gasteiger partial charge in [0.25, 0.3) is 0 Å². The van der Waals surface area contributed by atoms with Crippen molar-refractivity contribution in [3.8, 4) is 0 Å². The van der Waals surface area contributed by atoms with Crippen molar-refractivity contribution in [3.63, 3.8) is 0 Å². The minimum Gasteiger partial charge on any atom is -0.475 e. The van der Waals surface area contributed by atoms with Gasteiger partial charge in [0.1, 0.15) is 5.82 Å². The van der Waals surface area contributed by atoms with Crippen LogP contribution < -0.4 is 20.4 Å².